The summed E-state index contributed by atoms with van der Waals surface area (Å²) in [5, 5.41) is 2.36. The molecule has 2 amide bonds. The van der Waals surface area contributed by atoms with Gasteiger partial charge in [0.15, 0.2) is 0 Å². The Morgan fingerprint density at radius 1 is 0.967 bits per heavy atom. The standard InChI is InChI=1S/C24H27NO4S/c1-23(2,3)29-22(28)24(4,5)30-17-10-6-8-15(14-17)12-13-16-9-7-11-18-19(16)21(27)25-20(18)26/h6-11,14H,12-13H2,1-5H3,(H,25,26,27). The van der Waals surface area contributed by atoms with Crippen LogP contribution in [-0.2, 0) is 22.4 Å². The smallest absolute Gasteiger partial charge is 0.322 e. The van der Waals surface area contributed by atoms with Crippen molar-refractivity contribution < 1.29 is 19.1 Å². The average Bonchev–Trinajstić information content (AvgIpc) is 2.93. The first-order valence-electron chi connectivity index (χ1n) is 9.95. The van der Waals surface area contributed by atoms with E-state index in [1.807, 2.05) is 65.0 Å². The van der Waals surface area contributed by atoms with E-state index in [1.165, 1.54) is 11.8 Å². The Balaban J connectivity index is 1.71. The maximum absolute atomic E-state index is 12.5. The fourth-order valence-corrected chi connectivity index (χ4v) is 4.35. The molecule has 0 saturated carbocycles. The average molecular weight is 426 g/mol. The van der Waals surface area contributed by atoms with Gasteiger partial charge in [0.05, 0.1) is 11.1 Å². The van der Waals surface area contributed by atoms with Crippen LogP contribution < -0.4 is 5.32 Å². The Morgan fingerprint density at radius 3 is 2.37 bits per heavy atom. The number of fused-ring (bicyclic) bond motifs is 1. The molecule has 0 aliphatic carbocycles. The lowest BCUT2D eigenvalue weighted by Gasteiger charge is -2.28. The van der Waals surface area contributed by atoms with Crippen LogP contribution in [0.5, 0.6) is 0 Å². The van der Waals surface area contributed by atoms with Crippen LogP contribution in [-0.4, -0.2) is 28.1 Å². The van der Waals surface area contributed by atoms with Gasteiger partial charge in [0, 0.05) is 4.90 Å². The van der Waals surface area contributed by atoms with Crippen LogP contribution in [0, 0.1) is 0 Å². The number of carbonyl (C=O) groups is 3. The second-order valence-corrected chi connectivity index (χ2v) is 10.6. The van der Waals surface area contributed by atoms with Gasteiger partial charge in [-0.15, -0.1) is 11.8 Å². The van der Waals surface area contributed by atoms with Crippen molar-refractivity contribution in [1.82, 2.24) is 5.32 Å². The van der Waals surface area contributed by atoms with E-state index in [0.717, 1.165) is 22.4 Å². The molecule has 158 valence electrons. The van der Waals surface area contributed by atoms with Crippen molar-refractivity contribution in [3.05, 3.63) is 64.7 Å². The van der Waals surface area contributed by atoms with E-state index >= 15 is 0 Å². The summed E-state index contributed by atoms with van der Waals surface area (Å²) in [5.41, 5.74) is 2.37. The lowest BCUT2D eigenvalue weighted by atomic mass is 9.97. The third-order valence-electron chi connectivity index (χ3n) is 4.69. The summed E-state index contributed by atoms with van der Waals surface area (Å²) in [6.45, 7) is 9.31. The maximum atomic E-state index is 12.5. The Hall–Kier alpha value is -2.60. The van der Waals surface area contributed by atoms with Crippen molar-refractivity contribution in [1.29, 1.82) is 0 Å². The number of nitrogens with one attached hydrogen (secondary N) is 1. The Morgan fingerprint density at radius 2 is 1.67 bits per heavy atom. The van der Waals surface area contributed by atoms with Gasteiger partial charge in [0.25, 0.3) is 11.8 Å². The minimum absolute atomic E-state index is 0.249. The first kappa shape index (κ1) is 22.1. The normalized spacial score (nSPS) is 13.8. The fourth-order valence-electron chi connectivity index (χ4n) is 3.28. The molecule has 6 heteroatoms. The highest BCUT2D eigenvalue weighted by Gasteiger charge is 2.34. The second kappa shape index (κ2) is 8.26. The summed E-state index contributed by atoms with van der Waals surface area (Å²) in [6, 6.07) is 13.4. The zero-order valence-electron chi connectivity index (χ0n) is 18.0. The number of carbonyl (C=O) groups excluding carboxylic acids is 3. The molecule has 1 aliphatic rings. The quantitative estimate of drug-likeness (QED) is 0.417. The van der Waals surface area contributed by atoms with Gasteiger partial charge in [0.1, 0.15) is 10.3 Å². The number of aryl methyl sites for hydroxylation is 2. The van der Waals surface area contributed by atoms with Gasteiger partial charge >= 0.3 is 5.97 Å². The molecule has 1 aliphatic heterocycles. The highest BCUT2D eigenvalue weighted by Crippen LogP contribution is 2.35. The summed E-state index contributed by atoms with van der Waals surface area (Å²) in [6.07, 6.45) is 1.37. The molecule has 0 fully saturated rings. The van der Waals surface area contributed by atoms with Crippen LogP contribution in [0.2, 0.25) is 0 Å². The first-order chi connectivity index (χ1) is 14.0. The lowest BCUT2D eigenvalue weighted by molar-refractivity contribution is -0.156. The van der Waals surface area contributed by atoms with E-state index in [1.54, 1.807) is 6.07 Å². The van der Waals surface area contributed by atoms with Gasteiger partial charge in [-0.1, -0.05) is 24.3 Å². The number of thioether (sulfide) groups is 1. The molecule has 30 heavy (non-hydrogen) atoms. The van der Waals surface area contributed by atoms with Gasteiger partial charge in [-0.2, -0.15) is 0 Å². The summed E-state index contributed by atoms with van der Waals surface area (Å²) in [5.74, 6) is -0.908. The molecule has 0 aromatic heterocycles. The Bertz CT molecular complexity index is 1000. The van der Waals surface area contributed by atoms with Crippen molar-refractivity contribution in [3.8, 4) is 0 Å². The third kappa shape index (κ3) is 5.11. The Labute approximate surface area is 181 Å². The van der Waals surface area contributed by atoms with Crippen molar-refractivity contribution in [3.63, 3.8) is 0 Å². The zero-order chi connectivity index (χ0) is 22.1. The summed E-state index contributed by atoms with van der Waals surface area (Å²) in [7, 11) is 0. The molecule has 5 nitrogen and oxygen atoms in total. The Kier molecular flexibility index (Phi) is 6.09. The monoisotopic (exact) mass is 425 g/mol. The van der Waals surface area contributed by atoms with Crippen molar-refractivity contribution >= 4 is 29.5 Å². The van der Waals surface area contributed by atoms with Crippen molar-refractivity contribution in [2.75, 3.05) is 0 Å². The molecule has 2 aromatic carbocycles. The third-order valence-corrected chi connectivity index (χ3v) is 5.86. The van der Waals surface area contributed by atoms with Gasteiger partial charge < -0.3 is 4.74 Å². The number of hydrogen-bond donors (Lipinski definition) is 1. The summed E-state index contributed by atoms with van der Waals surface area (Å²) in [4.78, 5) is 37.5. The predicted octanol–water partition coefficient (Wildman–Crippen LogP) is 4.57. The van der Waals surface area contributed by atoms with Crippen LogP contribution >= 0.6 is 11.8 Å². The van der Waals surface area contributed by atoms with Crippen LogP contribution in [0.1, 0.15) is 66.5 Å². The number of hydrogen-bond acceptors (Lipinski definition) is 5. The van der Waals surface area contributed by atoms with E-state index in [-0.39, 0.29) is 17.8 Å². The number of ether oxygens (including phenoxy) is 1. The highest BCUT2D eigenvalue weighted by molar-refractivity contribution is 8.01. The molecular formula is C24H27NO4S. The minimum Gasteiger partial charge on any atom is -0.459 e. The topological polar surface area (TPSA) is 72.5 Å². The van der Waals surface area contributed by atoms with Gasteiger partial charge in [-0.3, -0.25) is 19.7 Å². The fraction of sp³-hybridized carbons (Fsp3) is 0.375. The van der Waals surface area contributed by atoms with Crippen LogP contribution in [0.25, 0.3) is 0 Å². The van der Waals surface area contributed by atoms with Crippen molar-refractivity contribution in [2.45, 2.75) is 62.7 Å². The second-order valence-electron chi connectivity index (χ2n) is 8.88. The first-order valence-corrected chi connectivity index (χ1v) is 10.8. The SMILES string of the molecule is CC(C)(C)OC(=O)C(C)(C)Sc1cccc(CCc2cccc3c2C(=O)NC3=O)c1. The summed E-state index contributed by atoms with van der Waals surface area (Å²) >= 11 is 1.47. The molecule has 2 aromatic rings. The molecule has 3 rings (SSSR count). The van der Waals surface area contributed by atoms with E-state index < -0.39 is 10.3 Å². The van der Waals surface area contributed by atoms with Gasteiger partial charge in [-0.05, 0) is 76.8 Å². The molecule has 0 atom stereocenters. The largest absolute Gasteiger partial charge is 0.459 e. The van der Waals surface area contributed by atoms with E-state index in [0.29, 0.717) is 17.5 Å². The van der Waals surface area contributed by atoms with E-state index in [4.69, 9.17) is 4.74 Å². The van der Waals surface area contributed by atoms with Crippen molar-refractivity contribution in [2.24, 2.45) is 0 Å². The molecule has 0 radical (unpaired) electrons. The summed E-state index contributed by atoms with van der Waals surface area (Å²) < 4.78 is 4.83. The minimum atomic E-state index is -0.718. The number of esters is 1. The van der Waals surface area contributed by atoms with Gasteiger partial charge in [-0.25, -0.2) is 0 Å². The number of imide groups is 1. The van der Waals surface area contributed by atoms with E-state index in [2.05, 4.69) is 11.4 Å². The zero-order valence-corrected chi connectivity index (χ0v) is 18.8. The number of rotatable bonds is 6. The van der Waals surface area contributed by atoms with Crippen LogP contribution in [0.3, 0.4) is 0 Å². The number of amides is 2. The molecule has 0 spiro atoms. The maximum Gasteiger partial charge on any atom is 0.322 e. The molecule has 1 N–H and O–H groups in total. The molecule has 0 unspecified atom stereocenters. The highest BCUT2D eigenvalue weighted by atomic mass is 32.2. The van der Waals surface area contributed by atoms with Gasteiger partial charge in [0.2, 0.25) is 0 Å². The van der Waals surface area contributed by atoms with Crippen LogP contribution in [0.15, 0.2) is 47.4 Å². The molecule has 1 heterocycles. The molecule has 0 saturated heterocycles. The molecular weight excluding hydrogens is 398 g/mol. The van der Waals surface area contributed by atoms with Crippen LogP contribution in [0.4, 0.5) is 0 Å². The lowest BCUT2D eigenvalue weighted by Crippen LogP contribution is -2.36. The predicted molar refractivity (Wildman–Crippen MR) is 118 cm³/mol. The number of benzene rings is 2. The van der Waals surface area contributed by atoms with E-state index in [9.17, 15) is 14.4 Å². The molecule has 0 bridgehead atoms.